The highest BCUT2D eigenvalue weighted by Gasteiger charge is 2.10. The highest BCUT2D eigenvalue weighted by Crippen LogP contribution is 2.09. The minimum Gasteiger partial charge on any atom is -0.357 e. The van der Waals surface area contributed by atoms with Crippen molar-refractivity contribution in [2.75, 3.05) is 53.4 Å². The average Bonchev–Trinajstić information content (AvgIpc) is 3.20. The van der Waals surface area contributed by atoms with Crippen LogP contribution in [-0.4, -0.2) is 75.0 Å². The molecule has 29 heavy (non-hydrogen) atoms. The van der Waals surface area contributed by atoms with Gasteiger partial charge in [0.1, 0.15) is 0 Å². The molecule has 7 heteroatoms. The lowest BCUT2D eigenvalue weighted by molar-refractivity contribution is 0.0827. The molecule has 1 amide bonds. The first-order valence-electron chi connectivity index (χ1n) is 10.6. The molecular weight excluding hydrogens is 477 g/mol. The maximum absolute atomic E-state index is 12.1. The van der Waals surface area contributed by atoms with Crippen molar-refractivity contribution in [1.29, 1.82) is 0 Å². The second kappa shape index (κ2) is 14.6. The number of carbonyl (C=O) groups is 1. The lowest BCUT2D eigenvalue weighted by Gasteiger charge is -2.14. The van der Waals surface area contributed by atoms with Crippen LogP contribution < -0.4 is 10.6 Å². The number of likely N-dealkylation sites (tertiary alicyclic amines) is 1. The Bertz CT molecular complexity index is 629. The second-order valence-corrected chi connectivity index (χ2v) is 7.59. The van der Waals surface area contributed by atoms with Crippen molar-refractivity contribution >= 4 is 35.8 Å². The number of nitrogens with one attached hydrogen (secondary N) is 2. The zero-order valence-corrected chi connectivity index (χ0v) is 20.6. The van der Waals surface area contributed by atoms with Gasteiger partial charge in [0.15, 0.2) is 5.96 Å². The summed E-state index contributed by atoms with van der Waals surface area (Å²) < 4.78 is 0. The molecule has 2 rings (SSSR count). The average molecular weight is 515 g/mol. The smallest absolute Gasteiger partial charge is 0.253 e. The van der Waals surface area contributed by atoms with Crippen LogP contribution in [-0.2, 0) is 6.42 Å². The monoisotopic (exact) mass is 515 g/mol. The Balaban J connectivity index is 0.00000420. The fraction of sp³-hybridized carbons (Fsp3) is 0.636. The van der Waals surface area contributed by atoms with Crippen molar-refractivity contribution in [2.45, 2.75) is 39.0 Å². The minimum absolute atomic E-state index is 0. The lowest BCUT2D eigenvalue weighted by Crippen LogP contribution is -2.38. The fourth-order valence-corrected chi connectivity index (χ4v) is 3.43. The summed E-state index contributed by atoms with van der Waals surface area (Å²) in [5.74, 6) is 0.919. The van der Waals surface area contributed by atoms with Gasteiger partial charge in [-0.25, -0.2) is 0 Å². The van der Waals surface area contributed by atoms with Gasteiger partial charge in [-0.15, -0.1) is 24.0 Å². The second-order valence-electron chi connectivity index (χ2n) is 7.59. The molecule has 0 saturated carbocycles. The van der Waals surface area contributed by atoms with Crippen LogP contribution in [0.3, 0.4) is 0 Å². The van der Waals surface area contributed by atoms with Crippen LogP contribution in [0.4, 0.5) is 0 Å². The molecule has 0 radical (unpaired) electrons. The van der Waals surface area contributed by atoms with Gasteiger partial charge >= 0.3 is 0 Å². The van der Waals surface area contributed by atoms with Crippen LogP contribution in [0.15, 0.2) is 29.3 Å². The number of carbonyl (C=O) groups excluding carboxylic acids is 1. The zero-order chi connectivity index (χ0) is 20.2. The van der Waals surface area contributed by atoms with Crippen molar-refractivity contribution < 1.29 is 4.79 Å². The number of amides is 1. The SMILES string of the molecule is CCNC(=NCCCCN1CCCC1)NCCc1cccc(C(=O)N(C)C)c1.I. The molecule has 1 aromatic carbocycles. The highest BCUT2D eigenvalue weighted by molar-refractivity contribution is 14.0. The number of aliphatic imine (C=N–C) groups is 1. The predicted octanol–water partition coefficient (Wildman–Crippen LogP) is 2.98. The molecule has 164 valence electrons. The van der Waals surface area contributed by atoms with Crippen LogP contribution in [0.2, 0.25) is 0 Å². The molecular formula is C22H38IN5O. The van der Waals surface area contributed by atoms with E-state index in [0.717, 1.165) is 49.6 Å². The highest BCUT2D eigenvalue weighted by atomic mass is 127. The van der Waals surface area contributed by atoms with Gasteiger partial charge < -0.3 is 20.4 Å². The largest absolute Gasteiger partial charge is 0.357 e. The van der Waals surface area contributed by atoms with E-state index in [1.807, 2.05) is 18.2 Å². The minimum atomic E-state index is 0. The molecule has 0 aliphatic carbocycles. The molecule has 0 atom stereocenters. The Kier molecular flexibility index (Phi) is 12.9. The number of halogens is 1. The first-order chi connectivity index (χ1) is 13.6. The molecule has 1 fully saturated rings. The number of rotatable bonds is 10. The van der Waals surface area contributed by atoms with Gasteiger partial charge in [-0.1, -0.05) is 12.1 Å². The van der Waals surface area contributed by atoms with E-state index in [4.69, 9.17) is 4.99 Å². The number of benzene rings is 1. The van der Waals surface area contributed by atoms with Crippen molar-refractivity contribution in [3.63, 3.8) is 0 Å². The maximum Gasteiger partial charge on any atom is 0.253 e. The van der Waals surface area contributed by atoms with E-state index in [9.17, 15) is 4.79 Å². The number of guanidine groups is 1. The summed E-state index contributed by atoms with van der Waals surface area (Å²) in [7, 11) is 3.56. The number of unbranched alkanes of at least 4 members (excludes halogenated alkanes) is 1. The van der Waals surface area contributed by atoms with Gasteiger partial charge in [-0.2, -0.15) is 0 Å². The van der Waals surface area contributed by atoms with Crippen molar-refractivity contribution in [3.05, 3.63) is 35.4 Å². The maximum atomic E-state index is 12.1. The van der Waals surface area contributed by atoms with Gasteiger partial charge in [-0.05, 0) is 76.4 Å². The summed E-state index contributed by atoms with van der Waals surface area (Å²) in [5.41, 5.74) is 1.89. The normalized spacial score (nSPS) is 14.4. The summed E-state index contributed by atoms with van der Waals surface area (Å²) in [6, 6.07) is 7.86. The van der Waals surface area contributed by atoms with E-state index in [1.54, 1.807) is 19.0 Å². The zero-order valence-electron chi connectivity index (χ0n) is 18.2. The van der Waals surface area contributed by atoms with Crippen molar-refractivity contribution in [1.82, 2.24) is 20.4 Å². The third-order valence-electron chi connectivity index (χ3n) is 4.98. The molecule has 0 aromatic heterocycles. The summed E-state index contributed by atoms with van der Waals surface area (Å²) in [6.45, 7) is 8.34. The van der Waals surface area contributed by atoms with E-state index in [-0.39, 0.29) is 29.9 Å². The van der Waals surface area contributed by atoms with E-state index in [0.29, 0.717) is 0 Å². The molecule has 2 N–H and O–H groups in total. The lowest BCUT2D eigenvalue weighted by atomic mass is 10.1. The molecule has 6 nitrogen and oxygen atoms in total. The molecule has 1 aliphatic heterocycles. The third-order valence-corrected chi connectivity index (χ3v) is 4.98. The van der Waals surface area contributed by atoms with Crippen LogP contribution in [0.5, 0.6) is 0 Å². The Morgan fingerprint density at radius 1 is 1.17 bits per heavy atom. The van der Waals surface area contributed by atoms with E-state index in [2.05, 4.69) is 28.5 Å². The van der Waals surface area contributed by atoms with Crippen LogP contribution in [0.25, 0.3) is 0 Å². The Morgan fingerprint density at radius 3 is 2.62 bits per heavy atom. The molecule has 1 aliphatic rings. The summed E-state index contributed by atoms with van der Waals surface area (Å²) in [5, 5.41) is 6.72. The molecule has 0 spiro atoms. The third kappa shape index (κ3) is 9.80. The first-order valence-corrected chi connectivity index (χ1v) is 10.6. The van der Waals surface area contributed by atoms with Gasteiger partial charge in [-0.3, -0.25) is 9.79 Å². The van der Waals surface area contributed by atoms with Gasteiger partial charge in [0.25, 0.3) is 5.91 Å². The fourth-order valence-electron chi connectivity index (χ4n) is 3.43. The molecule has 0 bridgehead atoms. The quantitative estimate of drug-likeness (QED) is 0.218. The Labute approximate surface area is 193 Å². The van der Waals surface area contributed by atoms with E-state index >= 15 is 0 Å². The number of hydrogen-bond donors (Lipinski definition) is 2. The predicted molar refractivity (Wildman–Crippen MR) is 132 cm³/mol. The summed E-state index contributed by atoms with van der Waals surface area (Å²) in [4.78, 5) is 21.0. The number of hydrogen-bond acceptors (Lipinski definition) is 3. The Hall–Kier alpha value is -1.35. The molecule has 1 heterocycles. The van der Waals surface area contributed by atoms with Gasteiger partial charge in [0.05, 0.1) is 0 Å². The van der Waals surface area contributed by atoms with Crippen LogP contribution in [0, 0.1) is 0 Å². The van der Waals surface area contributed by atoms with Crippen molar-refractivity contribution in [3.8, 4) is 0 Å². The summed E-state index contributed by atoms with van der Waals surface area (Å²) in [6.07, 6.45) is 5.92. The summed E-state index contributed by atoms with van der Waals surface area (Å²) >= 11 is 0. The Morgan fingerprint density at radius 2 is 1.93 bits per heavy atom. The molecule has 1 saturated heterocycles. The number of nitrogens with zero attached hydrogens (tertiary/aromatic N) is 3. The van der Waals surface area contributed by atoms with E-state index < -0.39 is 0 Å². The van der Waals surface area contributed by atoms with Crippen LogP contribution in [0.1, 0.15) is 48.5 Å². The van der Waals surface area contributed by atoms with Crippen molar-refractivity contribution in [2.24, 2.45) is 4.99 Å². The topological polar surface area (TPSA) is 60.0 Å². The standard InChI is InChI=1S/C22H37N5O.HI/c1-4-23-22(24-13-5-6-15-27-16-7-8-17-27)25-14-12-19-10-9-11-20(18-19)21(28)26(2)3;/h9-11,18H,4-8,12-17H2,1-3H3,(H2,23,24,25);1H. The molecule has 1 aromatic rings. The van der Waals surface area contributed by atoms with Crippen LogP contribution >= 0.6 is 24.0 Å². The van der Waals surface area contributed by atoms with Gasteiger partial charge in [0, 0.05) is 39.3 Å². The van der Waals surface area contributed by atoms with E-state index in [1.165, 1.54) is 38.9 Å². The molecule has 0 unspecified atom stereocenters. The first kappa shape index (κ1) is 25.7. The van der Waals surface area contributed by atoms with Gasteiger partial charge in [0.2, 0.25) is 0 Å².